The van der Waals surface area contributed by atoms with Crippen LogP contribution >= 0.6 is 11.8 Å². The fraction of sp³-hybridized carbons (Fsp3) is 0.545. The van der Waals surface area contributed by atoms with E-state index in [1.165, 1.54) is 7.11 Å². The summed E-state index contributed by atoms with van der Waals surface area (Å²) >= 11 is 1.57. The summed E-state index contributed by atoms with van der Waals surface area (Å²) < 4.78 is 9.96. The highest BCUT2D eigenvalue weighted by molar-refractivity contribution is 7.99. The van der Waals surface area contributed by atoms with Crippen molar-refractivity contribution in [3.63, 3.8) is 0 Å². The molecule has 1 atom stereocenters. The van der Waals surface area contributed by atoms with Crippen LogP contribution in [0.15, 0.2) is 21.6 Å². The molecule has 0 radical (unpaired) electrons. The van der Waals surface area contributed by atoms with Gasteiger partial charge in [0.15, 0.2) is 0 Å². The van der Waals surface area contributed by atoms with E-state index in [2.05, 4.69) is 5.32 Å². The first-order valence-electron chi connectivity index (χ1n) is 4.97. The third-order valence-corrected chi connectivity index (χ3v) is 3.97. The Morgan fingerprint density at radius 3 is 2.81 bits per heavy atom. The number of likely N-dealkylation sites (N-methyl/N-ethyl adjacent to an activating group) is 1. The summed E-state index contributed by atoms with van der Waals surface area (Å²) in [5.74, 6) is 1.20. The van der Waals surface area contributed by atoms with Crippen molar-refractivity contribution in [1.29, 1.82) is 0 Å². The minimum Gasteiger partial charge on any atom is -0.468 e. The van der Waals surface area contributed by atoms with Gasteiger partial charge in [-0.3, -0.25) is 4.79 Å². The van der Waals surface area contributed by atoms with Crippen LogP contribution in [0.2, 0.25) is 0 Å². The van der Waals surface area contributed by atoms with Gasteiger partial charge in [-0.1, -0.05) is 0 Å². The summed E-state index contributed by atoms with van der Waals surface area (Å²) in [6, 6.07) is 1.90. The van der Waals surface area contributed by atoms with Gasteiger partial charge in [-0.15, -0.1) is 11.8 Å². The maximum absolute atomic E-state index is 11.6. The lowest BCUT2D eigenvalue weighted by Gasteiger charge is -2.25. The Balaban J connectivity index is 2.65. The highest BCUT2D eigenvalue weighted by atomic mass is 32.2. The molecule has 1 aromatic heterocycles. The normalized spacial score (nSPS) is 14.5. The molecule has 5 heteroatoms. The molecule has 1 unspecified atom stereocenters. The van der Waals surface area contributed by atoms with E-state index in [0.717, 1.165) is 10.7 Å². The molecule has 0 aliphatic rings. The van der Waals surface area contributed by atoms with E-state index in [4.69, 9.17) is 9.15 Å². The van der Waals surface area contributed by atoms with E-state index in [1.54, 1.807) is 25.1 Å². The molecule has 4 nitrogen and oxygen atoms in total. The Morgan fingerprint density at radius 2 is 2.38 bits per heavy atom. The topological polar surface area (TPSA) is 51.5 Å². The number of methoxy groups -OCH3 is 1. The van der Waals surface area contributed by atoms with Gasteiger partial charge < -0.3 is 14.5 Å². The minimum absolute atomic E-state index is 0.261. The summed E-state index contributed by atoms with van der Waals surface area (Å²) in [5.41, 5.74) is -0.677. The van der Waals surface area contributed by atoms with Crippen molar-refractivity contribution in [3.05, 3.63) is 18.1 Å². The van der Waals surface area contributed by atoms with Crippen LogP contribution < -0.4 is 5.32 Å². The van der Waals surface area contributed by atoms with Crippen molar-refractivity contribution >= 4 is 17.7 Å². The number of carbonyl (C=O) groups excluding carboxylic acids is 1. The van der Waals surface area contributed by atoms with Gasteiger partial charge >= 0.3 is 5.97 Å². The molecule has 0 spiro atoms. The molecule has 0 aromatic carbocycles. The molecule has 1 N–H and O–H groups in total. The lowest BCUT2D eigenvalue weighted by molar-refractivity contribution is -0.146. The average Bonchev–Trinajstić information content (AvgIpc) is 2.70. The number of nitrogens with one attached hydrogen (secondary N) is 1. The minimum atomic E-state index is -0.677. The zero-order valence-corrected chi connectivity index (χ0v) is 10.8. The molecule has 0 aliphatic carbocycles. The highest BCUT2D eigenvalue weighted by Crippen LogP contribution is 2.26. The van der Waals surface area contributed by atoms with Crippen LogP contribution in [-0.4, -0.2) is 31.4 Å². The van der Waals surface area contributed by atoms with Gasteiger partial charge in [-0.05, 0) is 27.0 Å². The third kappa shape index (κ3) is 2.80. The number of hydrogen-bond donors (Lipinski definition) is 1. The molecule has 0 aliphatic heterocycles. The molecule has 0 fully saturated rings. The Hall–Kier alpha value is -0.940. The van der Waals surface area contributed by atoms with Crippen LogP contribution in [-0.2, 0) is 9.53 Å². The lowest BCUT2D eigenvalue weighted by Crippen LogP contribution is -2.50. The molecule has 1 heterocycles. The van der Waals surface area contributed by atoms with Gasteiger partial charge in [-0.25, -0.2) is 0 Å². The first-order chi connectivity index (χ1) is 7.53. The Kier molecular flexibility index (Phi) is 4.44. The average molecular weight is 243 g/mol. The van der Waals surface area contributed by atoms with Crippen LogP contribution in [0, 0.1) is 6.92 Å². The molecule has 0 saturated carbocycles. The molecule has 0 amide bonds. The molecule has 0 bridgehead atoms. The summed E-state index contributed by atoms with van der Waals surface area (Å²) in [5, 5.41) is 2.99. The summed E-state index contributed by atoms with van der Waals surface area (Å²) in [6.45, 7) is 3.72. The Labute approximate surface area is 99.7 Å². The van der Waals surface area contributed by atoms with Gasteiger partial charge in [0.25, 0.3) is 0 Å². The standard InChI is InChI=1S/C11H17NO3S/c1-8-9(5-6-15-8)16-7-11(2,12-3)10(13)14-4/h5-6,12H,7H2,1-4H3. The van der Waals surface area contributed by atoms with Gasteiger partial charge in [0.05, 0.1) is 13.4 Å². The van der Waals surface area contributed by atoms with E-state index in [0.29, 0.717) is 5.75 Å². The molecule has 90 valence electrons. The Morgan fingerprint density at radius 1 is 1.69 bits per heavy atom. The molecular weight excluding hydrogens is 226 g/mol. The van der Waals surface area contributed by atoms with Crippen LogP contribution in [0.3, 0.4) is 0 Å². The first kappa shape index (κ1) is 13.1. The van der Waals surface area contributed by atoms with Crippen molar-refractivity contribution in [2.45, 2.75) is 24.3 Å². The zero-order valence-electron chi connectivity index (χ0n) is 9.99. The van der Waals surface area contributed by atoms with Crippen molar-refractivity contribution in [2.75, 3.05) is 19.9 Å². The van der Waals surface area contributed by atoms with Gasteiger partial charge in [-0.2, -0.15) is 0 Å². The molecule has 0 saturated heterocycles. The zero-order chi connectivity index (χ0) is 12.2. The largest absolute Gasteiger partial charge is 0.468 e. The summed E-state index contributed by atoms with van der Waals surface area (Å²) in [6.07, 6.45) is 1.65. The fourth-order valence-electron chi connectivity index (χ4n) is 1.20. The molecule has 16 heavy (non-hydrogen) atoms. The quantitative estimate of drug-likeness (QED) is 0.631. The third-order valence-electron chi connectivity index (χ3n) is 2.52. The van der Waals surface area contributed by atoms with Crippen molar-refractivity contribution < 1.29 is 13.9 Å². The molecule has 1 rings (SSSR count). The summed E-state index contributed by atoms with van der Waals surface area (Å²) in [4.78, 5) is 12.6. The smallest absolute Gasteiger partial charge is 0.326 e. The maximum atomic E-state index is 11.6. The van der Waals surface area contributed by atoms with Crippen LogP contribution in [0.25, 0.3) is 0 Å². The second-order valence-electron chi connectivity index (χ2n) is 3.70. The highest BCUT2D eigenvalue weighted by Gasteiger charge is 2.32. The number of furan rings is 1. The van der Waals surface area contributed by atoms with E-state index >= 15 is 0 Å². The fourth-order valence-corrected chi connectivity index (χ4v) is 2.31. The SMILES string of the molecule is CNC(C)(CSc1ccoc1C)C(=O)OC. The number of ether oxygens (including phenoxy) is 1. The monoisotopic (exact) mass is 243 g/mol. The maximum Gasteiger partial charge on any atom is 0.326 e. The van der Waals surface area contributed by atoms with Crippen LogP contribution in [0.1, 0.15) is 12.7 Å². The Bertz CT molecular complexity index is 364. The van der Waals surface area contributed by atoms with Gasteiger partial charge in [0, 0.05) is 10.6 Å². The summed E-state index contributed by atoms with van der Waals surface area (Å²) in [7, 11) is 3.14. The van der Waals surface area contributed by atoms with Crippen LogP contribution in [0.4, 0.5) is 0 Å². The number of rotatable bonds is 5. The predicted molar refractivity (Wildman–Crippen MR) is 63.6 cm³/mol. The van der Waals surface area contributed by atoms with Gasteiger partial charge in [0.2, 0.25) is 0 Å². The van der Waals surface area contributed by atoms with Crippen molar-refractivity contribution in [2.24, 2.45) is 0 Å². The van der Waals surface area contributed by atoms with E-state index < -0.39 is 5.54 Å². The number of carbonyl (C=O) groups is 1. The number of thioether (sulfide) groups is 1. The molecular formula is C11H17NO3S. The number of aryl methyl sites for hydroxylation is 1. The van der Waals surface area contributed by atoms with Crippen molar-refractivity contribution in [1.82, 2.24) is 5.32 Å². The second-order valence-corrected chi connectivity index (χ2v) is 4.72. The number of hydrogen-bond acceptors (Lipinski definition) is 5. The van der Waals surface area contributed by atoms with E-state index in [-0.39, 0.29) is 5.97 Å². The van der Waals surface area contributed by atoms with Crippen LogP contribution in [0.5, 0.6) is 0 Å². The first-order valence-corrected chi connectivity index (χ1v) is 5.96. The molecule has 1 aromatic rings. The van der Waals surface area contributed by atoms with Crippen molar-refractivity contribution in [3.8, 4) is 0 Å². The van der Waals surface area contributed by atoms with E-state index in [1.807, 2.05) is 19.9 Å². The number of esters is 1. The van der Waals surface area contributed by atoms with E-state index in [9.17, 15) is 4.79 Å². The lowest BCUT2D eigenvalue weighted by atomic mass is 10.1. The van der Waals surface area contributed by atoms with Gasteiger partial charge in [0.1, 0.15) is 11.3 Å². The predicted octanol–water partition coefficient (Wildman–Crippen LogP) is 1.83. The second kappa shape index (κ2) is 5.41.